The third-order valence-electron chi connectivity index (χ3n) is 8.24. The summed E-state index contributed by atoms with van der Waals surface area (Å²) in [5.74, 6) is 1.97. The number of aromatic nitrogens is 1. The van der Waals surface area contributed by atoms with E-state index < -0.39 is 17.0 Å². The van der Waals surface area contributed by atoms with E-state index in [1.165, 1.54) is 20.5 Å². The van der Waals surface area contributed by atoms with Gasteiger partial charge in [-0.2, -0.15) is 0 Å². The van der Waals surface area contributed by atoms with Crippen molar-refractivity contribution in [2.24, 2.45) is 0 Å². The number of carbonyl (C=O) groups is 2. The molecule has 0 saturated carbocycles. The molecular weight excluding hydrogens is 725 g/mol. The number of aliphatic hydroxyl groups is 1. The molecule has 0 aliphatic carbocycles. The normalized spacial score (nSPS) is 11.7. The Morgan fingerprint density at radius 2 is 1.58 bits per heavy atom. The van der Waals surface area contributed by atoms with Crippen LogP contribution in [-0.4, -0.2) is 73.1 Å². The second kappa shape index (κ2) is 18.4. The van der Waals surface area contributed by atoms with Gasteiger partial charge in [0.15, 0.2) is 5.75 Å². The van der Waals surface area contributed by atoms with Crippen LogP contribution in [0.2, 0.25) is 0 Å². The summed E-state index contributed by atoms with van der Waals surface area (Å²) in [5, 5.41) is 22.2. The number of hydrogen-bond acceptors (Lipinski definition) is 10. The first-order valence-corrected chi connectivity index (χ1v) is 18.9. The van der Waals surface area contributed by atoms with Crippen LogP contribution in [0.4, 0.5) is 33.4 Å². The van der Waals surface area contributed by atoms with Crippen LogP contribution in [0.15, 0.2) is 85.1 Å². The average Bonchev–Trinajstić information content (AvgIpc) is 3.15. The molecule has 0 aliphatic rings. The highest BCUT2D eigenvalue weighted by Crippen LogP contribution is 2.40. The van der Waals surface area contributed by atoms with Crippen molar-refractivity contribution in [2.45, 2.75) is 26.2 Å². The number of ether oxygens (including phenoxy) is 4. The number of pyridine rings is 1. The SMILES string of the molecule is COc1cc(Nc2cc(Oc3ccc(NC(=O)Nc4cc(C(C)(C)C)cc(NS(C)=O)c4OC)c4ccccc34)ccn2)ccc1C(=O)NCCOCCO. The molecule has 0 radical (unpaired) electrons. The first-order valence-electron chi connectivity index (χ1n) is 17.4. The van der Waals surface area contributed by atoms with E-state index in [4.69, 9.17) is 24.1 Å². The van der Waals surface area contributed by atoms with Gasteiger partial charge in [-0.3, -0.25) is 4.79 Å². The number of anilines is 5. The number of urea groups is 1. The van der Waals surface area contributed by atoms with Crippen molar-refractivity contribution in [1.29, 1.82) is 0 Å². The molecule has 0 bridgehead atoms. The molecule has 290 valence electrons. The van der Waals surface area contributed by atoms with Crippen molar-refractivity contribution in [3.05, 3.63) is 96.2 Å². The highest BCUT2D eigenvalue weighted by atomic mass is 32.2. The maximum Gasteiger partial charge on any atom is 0.323 e. The van der Waals surface area contributed by atoms with Crippen LogP contribution < -0.4 is 40.2 Å². The van der Waals surface area contributed by atoms with Crippen molar-refractivity contribution >= 4 is 62.3 Å². The molecule has 0 spiro atoms. The number of carbonyl (C=O) groups excluding carboxylic acids is 2. The van der Waals surface area contributed by atoms with Gasteiger partial charge in [0.2, 0.25) is 0 Å². The summed E-state index contributed by atoms with van der Waals surface area (Å²) >= 11 is 0. The average molecular weight is 771 g/mol. The van der Waals surface area contributed by atoms with E-state index in [0.717, 1.165) is 16.3 Å². The van der Waals surface area contributed by atoms with Gasteiger partial charge in [-0.05, 0) is 53.4 Å². The van der Waals surface area contributed by atoms with Gasteiger partial charge >= 0.3 is 6.03 Å². The summed E-state index contributed by atoms with van der Waals surface area (Å²) in [6.45, 7) is 6.83. The first-order chi connectivity index (χ1) is 26.4. The predicted octanol–water partition coefficient (Wildman–Crippen LogP) is 7.17. The molecule has 1 heterocycles. The fraction of sp³-hybridized carbons (Fsp3) is 0.275. The van der Waals surface area contributed by atoms with Crippen LogP contribution in [0.1, 0.15) is 36.7 Å². The molecule has 1 atom stereocenters. The lowest BCUT2D eigenvalue weighted by Crippen LogP contribution is -2.28. The number of fused-ring (bicyclic) bond motifs is 1. The number of nitrogens with zero attached hydrogens (tertiary/aromatic N) is 1. The lowest BCUT2D eigenvalue weighted by atomic mass is 9.86. The predicted molar refractivity (Wildman–Crippen MR) is 217 cm³/mol. The highest BCUT2D eigenvalue weighted by Gasteiger charge is 2.22. The zero-order chi connectivity index (χ0) is 39.5. The maximum absolute atomic E-state index is 13.5. The molecule has 0 aliphatic heterocycles. The fourth-order valence-corrected chi connectivity index (χ4v) is 6.08. The van der Waals surface area contributed by atoms with Crippen LogP contribution in [0.25, 0.3) is 10.8 Å². The summed E-state index contributed by atoms with van der Waals surface area (Å²) in [4.78, 5) is 30.6. The Morgan fingerprint density at radius 3 is 2.29 bits per heavy atom. The number of benzene rings is 4. The van der Waals surface area contributed by atoms with E-state index in [9.17, 15) is 13.8 Å². The molecule has 5 rings (SSSR count). The minimum absolute atomic E-state index is 0.0823. The molecule has 14 nitrogen and oxygen atoms in total. The van der Waals surface area contributed by atoms with Crippen molar-refractivity contribution < 1.29 is 37.9 Å². The van der Waals surface area contributed by atoms with Crippen molar-refractivity contribution in [3.8, 4) is 23.0 Å². The first kappa shape index (κ1) is 40.3. The Kier molecular flexibility index (Phi) is 13.5. The van der Waals surface area contributed by atoms with E-state index in [1.807, 2.05) is 57.2 Å². The Hall–Kier alpha value is -5.90. The van der Waals surface area contributed by atoms with Crippen molar-refractivity contribution in [3.63, 3.8) is 0 Å². The van der Waals surface area contributed by atoms with E-state index >= 15 is 0 Å². The molecule has 1 unspecified atom stereocenters. The number of methoxy groups -OCH3 is 2. The molecule has 0 fully saturated rings. The van der Waals surface area contributed by atoms with Gasteiger partial charge in [0.1, 0.15) is 34.1 Å². The molecule has 4 aromatic carbocycles. The number of aliphatic hydroxyl groups excluding tert-OH is 1. The summed E-state index contributed by atoms with van der Waals surface area (Å²) in [6.07, 6.45) is 3.14. The molecular formula is C40H46N6O8S. The Balaban J connectivity index is 1.31. The standard InChI is InChI=1S/C40H46N6O8S/c1-40(2,3)25-21-32(37(52-5)33(22-25)46-55(6)50)45-39(49)44-31-13-14-34(29-10-8-7-9-28(29)31)54-27-15-16-41-36(24-27)43-26-11-12-30(35(23-26)51-4)38(48)42-17-19-53-20-18-47/h7-16,21-24,46-47H,17-20H2,1-6H3,(H,41,43)(H,42,48)(H2,44,45,49). The zero-order valence-corrected chi connectivity index (χ0v) is 32.4. The summed E-state index contributed by atoms with van der Waals surface area (Å²) in [5.41, 5.74) is 3.12. The van der Waals surface area contributed by atoms with Crippen LogP contribution in [0.5, 0.6) is 23.0 Å². The van der Waals surface area contributed by atoms with E-state index in [1.54, 1.807) is 48.7 Å². The molecule has 5 aromatic rings. The Labute approximate surface area is 322 Å². The minimum atomic E-state index is -1.37. The van der Waals surface area contributed by atoms with Gasteiger partial charge < -0.3 is 50.0 Å². The minimum Gasteiger partial charge on any atom is -0.496 e. The molecule has 3 amide bonds. The molecule has 0 saturated heterocycles. The van der Waals surface area contributed by atoms with Crippen LogP contribution in [-0.2, 0) is 21.1 Å². The number of rotatable bonds is 16. The van der Waals surface area contributed by atoms with Gasteiger partial charge in [-0.25, -0.2) is 14.0 Å². The van der Waals surface area contributed by atoms with E-state index in [0.29, 0.717) is 57.1 Å². The van der Waals surface area contributed by atoms with Gasteiger partial charge in [0.05, 0.1) is 56.7 Å². The quantitative estimate of drug-likeness (QED) is 0.0563. The highest BCUT2D eigenvalue weighted by molar-refractivity contribution is 7.85. The maximum atomic E-state index is 13.5. The number of nitrogens with one attached hydrogen (secondary N) is 5. The second-order valence-electron chi connectivity index (χ2n) is 13.3. The summed E-state index contributed by atoms with van der Waals surface area (Å²) in [7, 11) is 1.61. The molecule has 55 heavy (non-hydrogen) atoms. The van der Waals surface area contributed by atoms with Gasteiger partial charge in [0.25, 0.3) is 5.91 Å². The second-order valence-corrected chi connectivity index (χ2v) is 14.4. The van der Waals surface area contributed by atoms with E-state index in [-0.39, 0.29) is 37.7 Å². The zero-order valence-electron chi connectivity index (χ0n) is 31.6. The lowest BCUT2D eigenvalue weighted by Gasteiger charge is -2.24. The molecule has 6 N–H and O–H groups in total. The molecule has 15 heteroatoms. The Bertz CT molecular complexity index is 2170. The number of amides is 3. The topological polar surface area (TPSA) is 181 Å². The van der Waals surface area contributed by atoms with Crippen LogP contribution in [0, 0.1) is 0 Å². The monoisotopic (exact) mass is 770 g/mol. The number of hydrogen-bond donors (Lipinski definition) is 6. The third kappa shape index (κ3) is 10.6. The van der Waals surface area contributed by atoms with Crippen LogP contribution >= 0.6 is 0 Å². The van der Waals surface area contributed by atoms with Gasteiger partial charge in [-0.1, -0.05) is 45.0 Å². The van der Waals surface area contributed by atoms with Crippen LogP contribution in [0.3, 0.4) is 0 Å². The van der Waals surface area contributed by atoms with Crippen molar-refractivity contribution in [1.82, 2.24) is 10.3 Å². The Morgan fingerprint density at radius 1 is 0.836 bits per heavy atom. The van der Waals surface area contributed by atoms with Crippen molar-refractivity contribution in [2.75, 3.05) is 67.5 Å². The summed E-state index contributed by atoms with van der Waals surface area (Å²) in [6, 6.07) is 22.9. The lowest BCUT2D eigenvalue weighted by molar-refractivity contribution is 0.0836. The third-order valence-corrected chi connectivity index (χ3v) is 8.75. The summed E-state index contributed by atoms with van der Waals surface area (Å²) < 4.78 is 37.6. The smallest absolute Gasteiger partial charge is 0.323 e. The largest absolute Gasteiger partial charge is 0.496 e. The fourth-order valence-electron chi connectivity index (χ4n) is 5.62. The van der Waals surface area contributed by atoms with E-state index in [2.05, 4.69) is 31.0 Å². The molecule has 1 aromatic heterocycles. The van der Waals surface area contributed by atoms with Gasteiger partial charge in [0, 0.05) is 47.6 Å². The van der Waals surface area contributed by atoms with Gasteiger partial charge in [-0.15, -0.1) is 0 Å².